The van der Waals surface area contributed by atoms with Crippen LogP contribution in [0.4, 0.5) is 22.0 Å². The molecule has 34 heteroatoms. The first kappa shape index (κ1) is 106. The number of hydrogen-bond acceptors (Lipinski definition) is 19. The van der Waals surface area contributed by atoms with Gasteiger partial charge in [-0.3, -0.25) is 19.2 Å². The van der Waals surface area contributed by atoms with E-state index in [4.69, 9.17) is 41.5 Å². The van der Waals surface area contributed by atoms with Crippen molar-refractivity contribution in [3.05, 3.63) is 489 Å². The second-order valence-electron chi connectivity index (χ2n) is 33.7. The molecule has 0 bridgehead atoms. The van der Waals surface area contributed by atoms with E-state index < -0.39 is 34.8 Å². The van der Waals surface area contributed by atoms with E-state index >= 15 is 0 Å². The molecule has 0 aliphatic rings. The van der Waals surface area contributed by atoms with Crippen molar-refractivity contribution in [3.63, 3.8) is 0 Å². The number of furan rings is 1. The molecule has 738 valence electrons. The molecule has 0 aliphatic heterocycles. The summed E-state index contributed by atoms with van der Waals surface area (Å²) >= 11 is 9.55. The number of fused-ring (bicyclic) bond motifs is 2. The highest BCUT2D eigenvalue weighted by Crippen LogP contribution is 2.28. The van der Waals surface area contributed by atoms with Crippen LogP contribution in [0.3, 0.4) is 0 Å². The van der Waals surface area contributed by atoms with Crippen molar-refractivity contribution in [3.8, 4) is 24.3 Å². The SMILES string of the molecule is C.C.Cc1cc(/C=C/C(=O)N(Cc2ccc(F)cc2F)Cc2nncn2Cc2ccc(C#N)cc2)ccc1Cl.Cc1cccc(C(=O)N(Cc2ccc(F)cc2C)Cc2nncn2Cc2ccc(C#N)cc2)c1.N#Cc1ccc(Cn2cnnc2CN(CCc2ccc(Br)cc2)C(=O)c2cc3ccccc3o2)cc1.N#Cc1ccc(Cn2cnnc2CN(Cc2ccc(F)cc2F)C(=O)c2cc3ccccc3oc2=O)cc1. The zero-order valence-corrected chi connectivity index (χ0v) is 80.5. The summed E-state index contributed by atoms with van der Waals surface area (Å²) in [5.41, 5.74) is 12.2. The molecule has 12 aromatic carbocycles. The first-order valence-electron chi connectivity index (χ1n) is 45.2. The van der Waals surface area contributed by atoms with Gasteiger partial charge in [-0.25, -0.2) is 26.7 Å². The van der Waals surface area contributed by atoms with Crippen molar-refractivity contribution in [1.82, 2.24) is 78.7 Å². The molecule has 18 rings (SSSR count). The fourth-order valence-corrected chi connectivity index (χ4v) is 15.9. The lowest BCUT2D eigenvalue weighted by Crippen LogP contribution is -2.34. The molecule has 0 unspecified atom stereocenters. The Morgan fingerprint density at radius 3 is 1.25 bits per heavy atom. The van der Waals surface area contributed by atoms with Crippen LogP contribution < -0.4 is 5.63 Å². The molecule has 27 nitrogen and oxygen atoms in total. The van der Waals surface area contributed by atoms with Crippen LogP contribution in [0, 0.1) is 95.2 Å². The van der Waals surface area contributed by atoms with Crippen LogP contribution >= 0.6 is 27.5 Å². The van der Waals surface area contributed by atoms with Gasteiger partial charge in [0.25, 0.3) is 17.7 Å². The van der Waals surface area contributed by atoms with Crippen molar-refractivity contribution in [2.45, 2.75) is 114 Å². The van der Waals surface area contributed by atoms with Crippen LogP contribution in [-0.2, 0) is 83.2 Å². The average molecular weight is 2060 g/mol. The lowest BCUT2D eigenvalue weighted by molar-refractivity contribution is -0.127. The van der Waals surface area contributed by atoms with Crippen LogP contribution in [0.25, 0.3) is 28.0 Å². The number of nitriles is 4. The molecule has 0 spiro atoms. The zero-order chi connectivity index (χ0) is 102. The van der Waals surface area contributed by atoms with E-state index in [1.54, 1.807) is 159 Å². The number of carbonyl (C=O) groups excluding carboxylic acids is 4. The van der Waals surface area contributed by atoms with E-state index in [1.807, 2.05) is 139 Å². The summed E-state index contributed by atoms with van der Waals surface area (Å²) in [6, 6.07) is 86.5. The highest BCUT2D eigenvalue weighted by molar-refractivity contribution is 9.10. The fourth-order valence-electron chi connectivity index (χ4n) is 15.5. The Labute approximate surface area is 857 Å². The molecule has 0 fully saturated rings. The molecule has 6 aromatic heterocycles. The maximum Gasteiger partial charge on any atom is 0.349 e. The molecule has 4 amide bonds. The molecule has 0 saturated carbocycles. The highest BCUT2D eigenvalue weighted by Gasteiger charge is 2.29. The van der Waals surface area contributed by atoms with Gasteiger partial charge in [-0.2, -0.15) is 21.0 Å². The first-order valence-corrected chi connectivity index (χ1v) is 46.4. The van der Waals surface area contributed by atoms with Gasteiger partial charge in [-0.15, -0.1) is 40.8 Å². The quantitative estimate of drug-likeness (QED) is 0.0229. The summed E-state index contributed by atoms with van der Waals surface area (Å²) in [6.45, 7) is 8.32. The molecule has 147 heavy (non-hydrogen) atoms. The molecule has 0 aliphatic carbocycles. The lowest BCUT2D eigenvalue weighted by Gasteiger charge is -2.24. The van der Waals surface area contributed by atoms with Crippen LogP contribution in [0.1, 0.15) is 158 Å². The van der Waals surface area contributed by atoms with Gasteiger partial charge in [0.2, 0.25) is 5.91 Å². The van der Waals surface area contributed by atoms with Crippen molar-refractivity contribution in [2.75, 3.05) is 6.54 Å². The van der Waals surface area contributed by atoms with E-state index in [0.717, 1.165) is 89.8 Å². The smallest absolute Gasteiger partial charge is 0.349 e. The largest absolute Gasteiger partial charge is 0.451 e. The molecule has 18 aromatic rings. The minimum atomic E-state index is -0.836. The van der Waals surface area contributed by atoms with Gasteiger partial charge < -0.3 is 46.7 Å². The summed E-state index contributed by atoms with van der Waals surface area (Å²) < 4.78 is 89.1. The molecule has 0 radical (unpaired) electrons. The number of para-hydroxylation sites is 2. The predicted molar refractivity (Wildman–Crippen MR) is 548 cm³/mol. The minimum Gasteiger partial charge on any atom is -0.451 e. The number of rotatable bonds is 30. The summed E-state index contributed by atoms with van der Waals surface area (Å²) in [5.74, 6) is -2.30. The number of nitrogens with zero attached hydrogens (tertiary/aromatic N) is 20. The fraction of sp³-hybridized carbons (Fsp3) is 0.159. The second kappa shape index (κ2) is 50.6. The molecular weight excluding hydrogens is 1960 g/mol. The Bertz CT molecular complexity index is 7950. The predicted octanol–water partition coefficient (Wildman–Crippen LogP) is 21.8. The monoisotopic (exact) mass is 2050 g/mol. The Morgan fingerprint density at radius 1 is 0.401 bits per heavy atom. The van der Waals surface area contributed by atoms with Gasteiger partial charge in [0.05, 0.1) is 98.9 Å². The number of amides is 4. The van der Waals surface area contributed by atoms with Gasteiger partial charge in [0.1, 0.15) is 71.1 Å². The Kier molecular flexibility index (Phi) is 36.5. The summed E-state index contributed by atoms with van der Waals surface area (Å²) in [4.78, 5) is 72.8. The van der Waals surface area contributed by atoms with Gasteiger partial charge in [0, 0.05) is 81.3 Å². The van der Waals surface area contributed by atoms with E-state index in [-0.39, 0.29) is 94.4 Å². The number of hydrogen-bond donors (Lipinski definition) is 0. The zero-order valence-electron chi connectivity index (χ0n) is 78.2. The van der Waals surface area contributed by atoms with E-state index in [0.29, 0.717) is 124 Å². The highest BCUT2D eigenvalue weighted by atomic mass is 79.9. The van der Waals surface area contributed by atoms with E-state index in [2.05, 4.69) is 81.0 Å². The van der Waals surface area contributed by atoms with Crippen LogP contribution in [0.2, 0.25) is 5.02 Å². The van der Waals surface area contributed by atoms with Crippen molar-refractivity contribution in [1.29, 1.82) is 21.0 Å². The van der Waals surface area contributed by atoms with Gasteiger partial charge in [-0.05, 0) is 211 Å². The van der Waals surface area contributed by atoms with Gasteiger partial charge in [-0.1, -0.05) is 187 Å². The summed E-state index contributed by atoms with van der Waals surface area (Å²) in [6.07, 6.45) is 10.0. The van der Waals surface area contributed by atoms with Crippen LogP contribution in [-0.4, -0.2) is 109 Å². The van der Waals surface area contributed by atoms with Crippen molar-refractivity contribution < 1.29 is 50.0 Å². The minimum absolute atomic E-state index is 0. The van der Waals surface area contributed by atoms with Crippen molar-refractivity contribution >= 4 is 79.2 Å². The van der Waals surface area contributed by atoms with Crippen LogP contribution in [0.15, 0.2) is 329 Å². The third kappa shape index (κ3) is 28.7. The third-order valence-corrected chi connectivity index (χ3v) is 24.4. The molecule has 6 heterocycles. The Hall–Kier alpha value is -18.1. The molecule has 0 saturated heterocycles. The Morgan fingerprint density at radius 2 is 0.810 bits per heavy atom. The van der Waals surface area contributed by atoms with Gasteiger partial charge in [0.15, 0.2) is 29.1 Å². The average Bonchev–Trinajstić information content (AvgIpc) is 0.890. The van der Waals surface area contributed by atoms with E-state index in [1.165, 1.54) is 52.5 Å². The number of aryl methyl sites for hydroxylation is 3. The number of benzene rings is 12. The summed E-state index contributed by atoms with van der Waals surface area (Å²) in [5, 5.41) is 71.1. The van der Waals surface area contributed by atoms with E-state index in [9.17, 15) is 45.9 Å². The molecule has 0 atom stereocenters. The van der Waals surface area contributed by atoms with Crippen LogP contribution in [0.5, 0.6) is 0 Å². The number of carbonyl (C=O) groups is 4. The molecular formula is C113H95BrClF5N20O7. The maximum atomic E-state index is 14.6. The Balaban J connectivity index is 0.000000163. The standard InChI is InChI=1S/C28H22BrN5O2.C28H22ClF2N5O.C28H19F2N5O3.C27H24FN5O.2CH4/c29-24-11-9-20(10-12-24)13-14-33(28(35)26-15-23-3-1-2-4-25(23)36-26)18-27-32-31-19-34(27)17-22-7-5-21(16-30)6-8-22;1-19-12-20(6-10-25(19)29)7-11-28(37)35(16-23-8-9-24(30)13-26(23)31)17-27-34-33-18-36(27)15-22-4-2-21(14-32)3-5-22;29-22-10-9-21(24(30)12-22)15-34(27(36)23-11-20-3-1-2-4-25(20)38-28(23)37)16-26-33-32-17-35(26)14-19-7-5-18(13-31)6-8-19;1-19-4-3-5-23(12-19)27(34)32(16-24-10-11-25(28)13-20(24)2)17-26-31-30-18-33(26)15-22-8-6-21(14-29)7-9-22;;/h1-12,15,19H,13-14,17-18H2;2-13,18H,15-17H2,1H3;1-12,17H,14-16H2;3-13,18H,15-17H2,1-2H3;2*1H4/b;11-7+;;;;. The third-order valence-electron chi connectivity index (χ3n) is 23.4. The number of halogens is 7. The second-order valence-corrected chi connectivity index (χ2v) is 35.1. The first-order chi connectivity index (χ1) is 70.2. The normalized spacial score (nSPS) is 10.7. The maximum absolute atomic E-state index is 14.6. The van der Waals surface area contributed by atoms with Crippen molar-refractivity contribution in [2.24, 2.45) is 0 Å². The summed E-state index contributed by atoms with van der Waals surface area (Å²) in [7, 11) is 0. The lowest BCUT2D eigenvalue weighted by atomic mass is 10.1. The number of aromatic nitrogens is 12. The topological polar surface area (TPSA) is 343 Å². The van der Waals surface area contributed by atoms with Gasteiger partial charge >= 0.3 is 5.63 Å². The molecule has 0 N–H and O–H groups in total.